The highest BCUT2D eigenvalue weighted by molar-refractivity contribution is 7.90. The van der Waals surface area contributed by atoms with E-state index in [4.69, 9.17) is 5.73 Å². The first-order valence-corrected chi connectivity index (χ1v) is 6.93. The van der Waals surface area contributed by atoms with Gasteiger partial charge in [-0.2, -0.15) is 0 Å². The zero-order valence-corrected chi connectivity index (χ0v) is 10.5. The zero-order valence-electron chi connectivity index (χ0n) is 9.65. The summed E-state index contributed by atoms with van der Waals surface area (Å²) >= 11 is 0. The summed E-state index contributed by atoms with van der Waals surface area (Å²) < 4.78 is 21.9. The van der Waals surface area contributed by atoms with Gasteiger partial charge in [-0.1, -0.05) is 6.92 Å². The lowest BCUT2D eigenvalue weighted by molar-refractivity contribution is -0.125. The van der Waals surface area contributed by atoms with Crippen LogP contribution in [0.2, 0.25) is 0 Å². The molecule has 0 fully saturated rings. The molecule has 0 aromatic rings. The summed E-state index contributed by atoms with van der Waals surface area (Å²) in [6.45, 7) is 5.12. The molecule has 3 N–H and O–H groups in total. The average Bonchev–Trinajstić information content (AvgIpc) is 1.98. The molecule has 15 heavy (non-hydrogen) atoms. The number of hydrogen-bond acceptors (Lipinski definition) is 4. The Hall–Kier alpha value is -0.620. The second kappa shape index (κ2) is 5.46. The SMILES string of the molecule is CC(CS(C)(=O)=O)NC(=O)C(C)C(C)N. The van der Waals surface area contributed by atoms with E-state index in [-0.39, 0.29) is 29.7 Å². The molecule has 6 heteroatoms. The number of amides is 1. The van der Waals surface area contributed by atoms with E-state index >= 15 is 0 Å². The van der Waals surface area contributed by atoms with Crippen LogP contribution in [0.1, 0.15) is 20.8 Å². The van der Waals surface area contributed by atoms with E-state index in [0.717, 1.165) is 6.26 Å². The molecule has 1 amide bonds. The van der Waals surface area contributed by atoms with E-state index in [1.165, 1.54) is 0 Å². The predicted molar refractivity (Wildman–Crippen MR) is 60.1 cm³/mol. The van der Waals surface area contributed by atoms with Crippen LogP contribution in [0.5, 0.6) is 0 Å². The van der Waals surface area contributed by atoms with Crippen LogP contribution >= 0.6 is 0 Å². The molecule has 5 nitrogen and oxygen atoms in total. The molecule has 0 saturated carbocycles. The third-order valence-corrected chi connectivity index (χ3v) is 3.25. The van der Waals surface area contributed by atoms with Crippen LogP contribution in [0.3, 0.4) is 0 Å². The first-order valence-electron chi connectivity index (χ1n) is 4.87. The molecule has 3 unspecified atom stereocenters. The first kappa shape index (κ1) is 14.4. The highest BCUT2D eigenvalue weighted by Crippen LogP contribution is 2.01. The largest absolute Gasteiger partial charge is 0.352 e. The minimum atomic E-state index is -3.06. The smallest absolute Gasteiger partial charge is 0.224 e. The summed E-state index contributed by atoms with van der Waals surface area (Å²) in [5.41, 5.74) is 5.56. The fourth-order valence-corrected chi connectivity index (χ4v) is 2.10. The average molecular weight is 236 g/mol. The van der Waals surface area contributed by atoms with Crippen molar-refractivity contribution in [2.75, 3.05) is 12.0 Å². The molecule has 0 bridgehead atoms. The topological polar surface area (TPSA) is 89.3 Å². The fourth-order valence-electron chi connectivity index (χ4n) is 1.11. The Balaban J connectivity index is 4.19. The third kappa shape index (κ3) is 6.46. The monoisotopic (exact) mass is 236 g/mol. The van der Waals surface area contributed by atoms with Crippen LogP contribution in [-0.2, 0) is 14.6 Å². The van der Waals surface area contributed by atoms with E-state index in [0.29, 0.717) is 0 Å². The maximum absolute atomic E-state index is 11.5. The molecular weight excluding hydrogens is 216 g/mol. The third-order valence-electron chi connectivity index (χ3n) is 2.14. The van der Waals surface area contributed by atoms with Crippen molar-refractivity contribution < 1.29 is 13.2 Å². The van der Waals surface area contributed by atoms with Gasteiger partial charge in [0.2, 0.25) is 5.91 Å². The Morgan fingerprint density at radius 1 is 1.33 bits per heavy atom. The van der Waals surface area contributed by atoms with Crippen molar-refractivity contribution in [3.63, 3.8) is 0 Å². The van der Waals surface area contributed by atoms with Crippen molar-refractivity contribution in [2.45, 2.75) is 32.9 Å². The second-order valence-electron chi connectivity index (χ2n) is 4.15. The Kier molecular flexibility index (Phi) is 5.23. The molecule has 0 rings (SSSR count). The van der Waals surface area contributed by atoms with E-state index < -0.39 is 9.84 Å². The number of sulfone groups is 1. The molecule has 0 saturated heterocycles. The quantitative estimate of drug-likeness (QED) is 0.674. The van der Waals surface area contributed by atoms with Crippen molar-refractivity contribution in [1.82, 2.24) is 5.32 Å². The van der Waals surface area contributed by atoms with Crippen molar-refractivity contribution in [3.8, 4) is 0 Å². The summed E-state index contributed by atoms with van der Waals surface area (Å²) in [4.78, 5) is 11.5. The van der Waals surface area contributed by atoms with Crippen LogP contribution in [0.15, 0.2) is 0 Å². The van der Waals surface area contributed by atoms with E-state index in [2.05, 4.69) is 5.32 Å². The lowest BCUT2D eigenvalue weighted by Crippen LogP contribution is -2.44. The molecular formula is C9H20N2O3S. The van der Waals surface area contributed by atoms with Gasteiger partial charge in [0.25, 0.3) is 0 Å². The summed E-state index contributed by atoms with van der Waals surface area (Å²) in [7, 11) is -3.06. The number of carbonyl (C=O) groups excluding carboxylic acids is 1. The molecule has 90 valence electrons. The van der Waals surface area contributed by atoms with E-state index in [1.807, 2.05) is 0 Å². The van der Waals surface area contributed by atoms with Crippen LogP contribution in [0, 0.1) is 5.92 Å². The van der Waals surface area contributed by atoms with Gasteiger partial charge in [-0.25, -0.2) is 8.42 Å². The molecule has 0 radical (unpaired) electrons. The van der Waals surface area contributed by atoms with Gasteiger partial charge in [0, 0.05) is 24.3 Å². The van der Waals surface area contributed by atoms with Crippen LogP contribution < -0.4 is 11.1 Å². The molecule has 0 aliphatic carbocycles. The standard InChI is InChI=1S/C9H20N2O3S/c1-6(5-15(4,13)14)11-9(12)7(2)8(3)10/h6-8H,5,10H2,1-4H3,(H,11,12). The van der Waals surface area contributed by atoms with Gasteiger partial charge in [-0.15, -0.1) is 0 Å². The molecule has 0 spiro atoms. The predicted octanol–water partition coefficient (Wildman–Crippen LogP) is -0.481. The molecule has 0 aliphatic heterocycles. The second-order valence-corrected chi connectivity index (χ2v) is 6.33. The van der Waals surface area contributed by atoms with Gasteiger partial charge in [-0.3, -0.25) is 4.79 Å². The van der Waals surface area contributed by atoms with Crippen LogP contribution in [0.25, 0.3) is 0 Å². The van der Waals surface area contributed by atoms with E-state index in [1.54, 1.807) is 20.8 Å². The van der Waals surface area contributed by atoms with Crippen molar-refractivity contribution in [1.29, 1.82) is 0 Å². The van der Waals surface area contributed by atoms with Crippen molar-refractivity contribution in [2.24, 2.45) is 11.7 Å². The lowest BCUT2D eigenvalue weighted by Gasteiger charge is -2.19. The van der Waals surface area contributed by atoms with Gasteiger partial charge in [0.05, 0.1) is 5.75 Å². The van der Waals surface area contributed by atoms with Gasteiger partial charge in [0.15, 0.2) is 0 Å². The van der Waals surface area contributed by atoms with Crippen molar-refractivity contribution >= 4 is 15.7 Å². The zero-order chi connectivity index (χ0) is 12.2. The molecule has 0 aliphatic rings. The van der Waals surface area contributed by atoms with Gasteiger partial charge >= 0.3 is 0 Å². The Labute approximate surface area is 91.3 Å². The highest BCUT2D eigenvalue weighted by atomic mass is 32.2. The Morgan fingerprint density at radius 2 is 1.80 bits per heavy atom. The minimum absolute atomic E-state index is 0.0512. The number of nitrogens with two attached hydrogens (primary N) is 1. The maximum atomic E-state index is 11.5. The fraction of sp³-hybridized carbons (Fsp3) is 0.889. The molecule has 0 heterocycles. The molecule has 3 atom stereocenters. The Morgan fingerprint density at radius 3 is 2.13 bits per heavy atom. The number of hydrogen-bond donors (Lipinski definition) is 2. The summed E-state index contributed by atoms with van der Waals surface area (Å²) in [5, 5.41) is 2.62. The molecule has 0 aromatic heterocycles. The minimum Gasteiger partial charge on any atom is -0.352 e. The van der Waals surface area contributed by atoms with Crippen molar-refractivity contribution in [3.05, 3.63) is 0 Å². The first-order chi connectivity index (χ1) is 6.63. The van der Waals surface area contributed by atoms with Gasteiger partial charge in [0.1, 0.15) is 9.84 Å². The normalized spacial score (nSPS) is 17.9. The van der Waals surface area contributed by atoms with Gasteiger partial charge in [-0.05, 0) is 13.8 Å². The van der Waals surface area contributed by atoms with E-state index in [9.17, 15) is 13.2 Å². The van der Waals surface area contributed by atoms with Gasteiger partial charge < -0.3 is 11.1 Å². The lowest BCUT2D eigenvalue weighted by atomic mass is 10.0. The van der Waals surface area contributed by atoms with Crippen LogP contribution in [-0.4, -0.2) is 38.4 Å². The van der Waals surface area contributed by atoms with Crippen LogP contribution in [0.4, 0.5) is 0 Å². The summed E-state index contributed by atoms with van der Waals surface area (Å²) in [6.07, 6.45) is 1.14. The number of carbonyl (C=O) groups is 1. The summed E-state index contributed by atoms with van der Waals surface area (Å²) in [6, 6.07) is -0.621. The number of rotatable bonds is 5. The highest BCUT2D eigenvalue weighted by Gasteiger charge is 2.20. The maximum Gasteiger partial charge on any atom is 0.224 e. The molecule has 0 aromatic carbocycles. The Bertz CT molecular complexity index is 311. The summed E-state index contributed by atoms with van der Waals surface area (Å²) in [5.74, 6) is -0.571. The number of nitrogens with one attached hydrogen (secondary N) is 1.